The molecule has 2 aliphatic rings. The Kier molecular flexibility index (Phi) is 5.74. The average Bonchev–Trinajstić information content (AvgIpc) is 2.58. The number of carbonyl (C=O) groups excluding carboxylic acids is 1. The lowest BCUT2D eigenvalue weighted by Gasteiger charge is -2.29. The molecule has 0 aliphatic carbocycles. The SMILES string of the molecule is CCCN(C)C(=O)CC1CC2CCC(C1)N2.Cl. The number of carbonyl (C=O) groups is 1. The third-order valence-electron chi connectivity index (χ3n) is 4.02. The molecule has 2 saturated heterocycles. The predicted molar refractivity (Wildman–Crippen MR) is 72.5 cm³/mol. The van der Waals surface area contributed by atoms with Crippen LogP contribution in [0.4, 0.5) is 0 Å². The maximum atomic E-state index is 11.9. The second kappa shape index (κ2) is 6.60. The Hall–Kier alpha value is -0.280. The average molecular weight is 261 g/mol. The van der Waals surface area contributed by atoms with E-state index in [0.29, 0.717) is 23.9 Å². The van der Waals surface area contributed by atoms with Gasteiger partial charge in [-0.15, -0.1) is 12.4 Å². The van der Waals surface area contributed by atoms with Gasteiger partial charge in [0.25, 0.3) is 0 Å². The topological polar surface area (TPSA) is 32.3 Å². The first-order chi connectivity index (χ1) is 7.69. The molecule has 3 nitrogen and oxygen atoms in total. The number of halogens is 1. The molecule has 0 aromatic carbocycles. The van der Waals surface area contributed by atoms with Gasteiger partial charge in [-0.1, -0.05) is 6.92 Å². The van der Waals surface area contributed by atoms with E-state index in [-0.39, 0.29) is 12.4 Å². The summed E-state index contributed by atoms with van der Waals surface area (Å²) in [6.45, 7) is 3.02. The Morgan fingerprint density at radius 3 is 2.41 bits per heavy atom. The third kappa shape index (κ3) is 3.85. The van der Waals surface area contributed by atoms with E-state index in [0.717, 1.165) is 19.4 Å². The number of nitrogens with one attached hydrogen (secondary N) is 1. The second-order valence-electron chi connectivity index (χ2n) is 5.49. The van der Waals surface area contributed by atoms with Crippen molar-refractivity contribution in [2.75, 3.05) is 13.6 Å². The molecule has 1 amide bonds. The molecule has 0 aromatic heterocycles. The largest absolute Gasteiger partial charge is 0.346 e. The summed E-state index contributed by atoms with van der Waals surface area (Å²) in [5.74, 6) is 0.971. The second-order valence-corrected chi connectivity index (χ2v) is 5.49. The molecule has 0 spiro atoms. The van der Waals surface area contributed by atoms with Crippen molar-refractivity contribution in [2.45, 2.75) is 57.5 Å². The Morgan fingerprint density at radius 2 is 1.88 bits per heavy atom. The first kappa shape index (κ1) is 14.8. The molecule has 2 bridgehead atoms. The highest BCUT2D eigenvalue weighted by molar-refractivity contribution is 5.85. The van der Waals surface area contributed by atoms with Crippen LogP contribution >= 0.6 is 12.4 Å². The lowest BCUT2D eigenvalue weighted by atomic mass is 9.89. The van der Waals surface area contributed by atoms with E-state index in [1.807, 2.05) is 11.9 Å². The van der Waals surface area contributed by atoms with Gasteiger partial charge in [-0.2, -0.15) is 0 Å². The predicted octanol–water partition coefficient (Wildman–Crippen LogP) is 2.20. The standard InChI is InChI=1S/C13H24N2O.ClH/c1-3-6-15(2)13(16)9-10-7-11-4-5-12(8-10)14-11;/h10-12,14H,3-9H2,1-2H3;1H. The van der Waals surface area contributed by atoms with Crippen LogP contribution in [-0.4, -0.2) is 36.5 Å². The quantitative estimate of drug-likeness (QED) is 0.841. The van der Waals surface area contributed by atoms with E-state index < -0.39 is 0 Å². The number of nitrogens with zero attached hydrogens (tertiary/aromatic N) is 1. The van der Waals surface area contributed by atoms with Crippen LogP contribution in [0.3, 0.4) is 0 Å². The van der Waals surface area contributed by atoms with Crippen molar-refractivity contribution >= 4 is 18.3 Å². The molecular weight excluding hydrogens is 236 g/mol. The van der Waals surface area contributed by atoms with Crippen LogP contribution in [0.1, 0.15) is 45.4 Å². The number of rotatable bonds is 4. The molecular formula is C13H25ClN2O. The van der Waals surface area contributed by atoms with Crippen molar-refractivity contribution < 1.29 is 4.79 Å². The van der Waals surface area contributed by atoms with Gasteiger partial charge in [0.15, 0.2) is 0 Å². The van der Waals surface area contributed by atoms with Crippen LogP contribution in [0.2, 0.25) is 0 Å². The van der Waals surface area contributed by atoms with Crippen molar-refractivity contribution in [3.05, 3.63) is 0 Å². The molecule has 0 aromatic rings. The minimum atomic E-state index is 0. The van der Waals surface area contributed by atoms with Crippen molar-refractivity contribution in [3.8, 4) is 0 Å². The maximum Gasteiger partial charge on any atom is 0.222 e. The third-order valence-corrected chi connectivity index (χ3v) is 4.02. The number of hydrogen-bond donors (Lipinski definition) is 1. The molecule has 1 N–H and O–H groups in total. The lowest BCUT2D eigenvalue weighted by molar-refractivity contribution is -0.131. The summed E-state index contributed by atoms with van der Waals surface area (Å²) in [7, 11) is 1.93. The van der Waals surface area contributed by atoms with Crippen molar-refractivity contribution in [3.63, 3.8) is 0 Å². The fourth-order valence-electron chi connectivity index (χ4n) is 3.20. The molecule has 2 heterocycles. The van der Waals surface area contributed by atoms with Gasteiger partial charge >= 0.3 is 0 Å². The molecule has 2 fully saturated rings. The summed E-state index contributed by atoms with van der Waals surface area (Å²) in [5, 5.41) is 3.62. The highest BCUT2D eigenvalue weighted by atomic mass is 35.5. The molecule has 2 atom stereocenters. The molecule has 2 rings (SSSR count). The minimum Gasteiger partial charge on any atom is -0.346 e. The van der Waals surface area contributed by atoms with E-state index in [1.54, 1.807) is 0 Å². The van der Waals surface area contributed by atoms with Crippen LogP contribution < -0.4 is 5.32 Å². The van der Waals surface area contributed by atoms with Crippen LogP contribution in [0, 0.1) is 5.92 Å². The number of fused-ring (bicyclic) bond motifs is 2. The smallest absolute Gasteiger partial charge is 0.222 e. The molecule has 2 unspecified atom stereocenters. The first-order valence-electron chi connectivity index (χ1n) is 6.69. The summed E-state index contributed by atoms with van der Waals surface area (Å²) in [6, 6.07) is 1.40. The Labute approximate surface area is 111 Å². The van der Waals surface area contributed by atoms with E-state index in [2.05, 4.69) is 12.2 Å². The summed E-state index contributed by atoms with van der Waals surface area (Å²) >= 11 is 0. The zero-order valence-corrected chi connectivity index (χ0v) is 11.8. The zero-order chi connectivity index (χ0) is 11.5. The zero-order valence-electron chi connectivity index (χ0n) is 10.9. The van der Waals surface area contributed by atoms with Crippen LogP contribution in [-0.2, 0) is 4.79 Å². The van der Waals surface area contributed by atoms with Crippen molar-refractivity contribution in [1.82, 2.24) is 10.2 Å². The van der Waals surface area contributed by atoms with Gasteiger partial charge < -0.3 is 10.2 Å². The summed E-state index contributed by atoms with van der Waals surface area (Å²) in [6.07, 6.45) is 6.88. The number of amides is 1. The monoisotopic (exact) mass is 260 g/mol. The van der Waals surface area contributed by atoms with Gasteiger partial charge in [-0.3, -0.25) is 4.79 Å². The molecule has 100 valence electrons. The summed E-state index contributed by atoms with van der Waals surface area (Å²) < 4.78 is 0. The fraction of sp³-hybridized carbons (Fsp3) is 0.923. The normalized spacial score (nSPS) is 30.8. The lowest BCUT2D eigenvalue weighted by Crippen LogP contribution is -2.40. The van der Waals surface area contributed by atoms with Crippen LogP contribution in [0.15, 0.2) is 0 Å². The van der Waals surface area contributed by atoms with Gasteiger partial charge in [0.05, 0.1) is 0 Å². The summed E-state index contributed by atoms with van der Waals surface area (Å²) in [4.78, 5) is 13.8. The van der Waals surface area contributed by atoms with E-state index >= 15 is 0 Å². The number of piperidine rings is 1. The molecule has 0 saturated carbocycles. The first-order valence-corrected chi connectivity index (χ1v) is 6.69. The molecule has 17 heavy (non-hydrogen) atoms. The van der Waals surface area contributed by atoms with Crippen molar-refractivity contribution in [1.29, 1.82) is 0 Å². The molecule has 0 radical (unpaired) electrons. The Balaban J connectivity index is 0.00000144. The Morgan fingerprint density at radius 1 is 1.29 bits per heavy atom. The minimum absolute atomic E-state index is 0. The Bertz CT molecular complexity index is 248. The van der Waals surface area contributed by atoms with Gasteiger partial charge in [0.2, 0.25) is 5.91 Å². The van der Waals surface area contributed by atoms with E-state index in [9.17, 15) is 4.79 Å². The highest BCUT2D eigenvalue weighted by Gasteiger charge is 2.34. The fourth-order valence-corrected chi connectivity index (χ4v) is 3.20. The van der Waals surface area contributed by atoms with Crippen LogP contribution in [0.25, 0.3) is 0 Å². The highest BCUT2D eigenvalue weighted by Crippen LogP contribution is 2.32. The van der Waals surface area contributed by atoms with Crippen molar-refractivity contribution in [2.24, 2.45) is 5.92 Å². The molecule has 4 heteroatoms. The summed E-state index contributed by atoms with van der Waals surface area (Å²) in [5.41, 5.74) is 0. The maximum absolute atomic E-state index is 11.9. The van der Waals surface area contributed by atoms with Gasteiger partial charge in [0, 0.05) is 32.1 Å². The van der Waals surface area contributed by atoms with E-state index in [4.69, 9.17) is 0 Å². The van der Waals surface area contributed by atoms with Gasteiger partial charge in [-0.25, -0.2) is 0 Å². The van der Waals surface area contributed by atoms with Gasteiger partial charge in [-0.05, 0) is 38.0 Å². The van der Waals surface area contributed by atoms with E-state index in [1.165, 1.54) is 25.7 Å². The number of hydrogen-bond acceptors (Lipinski definition) is 2. The van der Waals surface area contributed by atoms with Gasteiger partial charge in [0.1, 0.15) is 0 Å². The molecule has 2 aliphatic heterocycles. The van der Waals surface area contributed by atoms with Crippen LogP contribution in [0.5, 0.6) is 0 Å².